The molecule has 0 heterocycles. The fraction of sp³-hybridized carbons (Fsp3) is 0.368. The van der Waals surface area contributed by atoms with Crippen LogP contribution in [0.25, 0.3) is 0 Å². The van der Waals surface area contributed by atoms with Gasteiger partial charge < -0.3 is 0 Å². The highest BCUT2D eigenvalue weighted by Crippen LogP contribution is 2.33. The first-order valence-electron chi connectivity index (χ1n) is 8.06. The molecular weight excluding hydrogens is 344 g/mol. The Balaban J connectivity index is 2.20. The lowest BCUT2D eigenvalue weighted by molar-refractivity contribution is 0.134. The highest BCUT2D eigenvalue weighted by atomic mass is 35.5. The van der Waals surface area contributed by atoms with Gasteiger partial charge >= 0.3 is 0 Å². The zero-order valence-corrected chi connectivity index (χ0v) is 15.6. The summed E-state index contributed by atoms with van der Waals surface area (Å²) in [5.74, 6) is 0.0982. The Morgan fingerprint density at radius 1 is 1.04 bits per heavy atom. The minimum atomic E-state index is -3.55. The topological polar surface area (TPSA) is 43.4 Å². The maximum absolute atomic E-state index is 11.7. The van der Waals surface area contributed by atoms with Crippen LogP contribution in [0.4, 0.5) is 0 Å². The van der Waals surface area contributed by atoms with Crippen LogP contribution in [0.2, 0.25) is 5.02 Å². The van der Waals surface area contributed by atoms with Gasteiger partial charge in [0, 0.05) is 5.02 Å². The molecule has 2 rings (SSSR count). The van der Waals surface area contributed by atoms with Gasteiger partial charge in [0.2, 0.25) is 0 Å². The van der Waals surface area contributed by atoms with E-state index >= 15 is 0 Å². The van der Waals surface area contributed by atoms with Crippen LogP contribution in [-0.2, 0) is 20.7 Å². The van der Waals surface area contributed by atoms with Crippen molar-refractivity contribution in [2.45, 2.75) is 32.3 Å². The zero-order valence-electron chi connectivity index (χ0n) is 14.0. The van der Waals surface area contributed by atoms with Gasteiger partial charge in [-0.3, -0.25) is 4.18 Å². The smallest absolute Gasteiger partial charge is 0.262 e. The predicted octanol–water partition coefficient (Wildman–Crippen LogP) is 5.02. The normalized spacial score (nSPS) is 14.3. The van der Waals surface area contributed by atoms with Crippen molar-refractivity contribution in [3.8, 4) is 0 Å². The Morgan fingerprint density at radius 3 is 2.21 bits per heavy atom. The van der Waals surface area contributed by atoms with E-state index in [1.54, 1.807) is 12.1 Å². The standard InChI is InChI=1S/C19H23ClO3S/c1-3-16(10-9-15-7-5-4-6-8-15)19(23-24(2,21)22)17-11-13-18(20)14-12-17/h4-8,11-14,16,19H,3,9-10H2,1-2H3. The molecule has 0 amide bonds. The minimum absolute atomic E-state index is 0.0982. The van der Waals surface area contributed by atoms with E-state index in [4.69, 9.17) is 15.8 Å². The first kappa shape index (κ1) is 19.0. The Kier molecular flexibility index (Phi) is 6.84. The molecule has 0 aliphatic heterocycles. The summed E-state index contributed by atoms with van der Waals surface area (Å²) in [5.41, 5.74) is 2.08. The van der Waals surface area contributed by atoms with E-state index in [-0.39, 0.29) is 5.92 Å². The van der Waals surface area contributed by atoms with Gasteiger partial charge in [0.05, 0.1) is 6.26 Å². The molecule has 5 heteroatoms. The van der Waals surface area contributed by atoms with Crippen LogP contribution in [0.5, 0.6) is 0 Å². The van der Waals surface area contributed by atoms with Gasteiger partial charge in [-0.2, -0.15) is 8.42 Å². The molecule has 0 aliphatic carbocycles. The van der Waals surface area contributed by atoms with Crippen LogP contribution in [0, 0.1) is 5.92 Å². The number of halogens is 1. The highest BCUT2D eigenvalue weighted by molar-refractivity contribution is 7.86. The van der Waals surface area contributed by atoms with Crippen molar-refractivity contribution in [2.75, 3.05) is 6.26 Å². The van der Waals surface area contributed by atoms with E-state index in [1.807, 2.05) is 30.3 Å². The van der Waals surface area contributed by atoms with E-state index in [0.717, 1.165) is 31.1 Å². The minimum Gasteiger partial charge on any atom is -0.262 e. The van der Waals surface area contributed by atoms with Gasteiger partial charge in [-0.15, -0.1) is 0 Å². The maximum Gasteiger partial charge on any atom is 0.264 e. The Bertz CT molecular complexity index is 727. The average molecular weight is 367 g/mol. The number of aryl methyl sites for hydroxylation is 1. The Hall–Kier alpha value is -1.36. The van der Waals surface area contributed by atoms with Crippen molar-refractivity contribution >= 4 is 21.7 Å². The third-order valence-corrected chi connectivity index (χ3v) is 4.89. The fourth-order valence-corrected chi connectivity index (χ4v) is 3.58. The van der Waals surface area contributed by atoms with Crippen molar-refractivity contribution in [2.24, 2.45) is 5.92 Å². The second kappa shape index (κ2) is 8.65. The van der Waals surface area contributed by atoms with Crippen LogP contribution in [0.1, 0.15) is 37.0 Å². The summed E-state index contributed by atoms with van der Waals surface area (Å²) in [6.07, 6.45) is 3.17. The van der Waals surface area contributed by atoms with Crippen molar-refractivity contribution in [1.29, 1.82) is 0 Å². The summed E-state index contributed by atoms with van der Waals surface area (Å²) in [5, 5.41) is 0.620. The van der Waals surface area contributed by atoms with Crippen molar-refractivity contribution < 1.29 is 12.6 Å². The van der Waals surface area contributed by atoms with Gasteiger partial charge in [-0.05, 0) is 42.0 Å². The Labute approximate surface area is 149 Å². The number of rotatable bonds is 8. The third-order valence-electron chi connectivity index (χ3n) is 4.08. The lowest BCUT2D eigenvalue weighted by atomic mass is 9.88. The molecule has 2 aromatic rings. The largest absolute Gasteiger partial charge is 0.264 e. The summed E-state index contributed by atoms with van der Waals surface area (Å²) in [4.78, 5) is 0. The number of hydrogen-bond donors (Lipinski definition) is 0. The molecule has 2 unspecified atom stereocenters. The van der Waals surface area contributed by atoms with Crippen LogP contribution < -0.4 is 0 Å². The molecule has 2 atom stereocenters. The number of benzene rings is 2. The first-order valence-corrected chi connectivity index (χ1v) is 10.3. The summed E-state index contributed by atoms with van der Waals surface area (Å²) in [6.45, 7) is 2.06. The third kappa shape index (κ3) is 5.93. The van der Waals surface area contributed by atoms with Gasteiger partial charge in [0.25, 0.3) is 10.1 Å². The molecule has 0 saturated carbocycles. The molecular formula is C19H23ClO3S. The molecule has 130 valence electrons. The zero-order chi connectivity index (χ0) is 17.6. The lowest BCUT2D eigenvalue weighted by Gasteiger charge is -2.26. The van der Waals surface area contributed by atoms with Crippen LogP contribution in [0.3, 0.4) is 0 Å². The molecule has 0 fully saturated rings. The maximum atomic E-state index is 11.7. The van der Waals surface area contributed by atoms with E-state index in [9.17, 15) is 8.42 Å². The Morgan fingerprint density at radius 2 is 1.67 bits per heavy atom. The molecule has 24 heavy (non-hydrogen) atoms. The van der Waals surface area contributed by atoms with Gasteiger partial charge in [0.15, 0.2) is 0 Å². The van der Waals surface area contributed by atoms with Crippen molar-refractivity contribution in [3.63, 3.8) is 0 Å². The van der Waals surface area contributed by atoms with E-state index in [2.05, 4.69) is 19.1 Å². The molecule has 0 radical (unpaired) electrons. The molecule has 0 aliphatic rings. The van der Waals surface area contributed by atoms with Crippen LogP contribution >= 0.6 is 11.6 Å². The first-order chi connectivity index (χ1) is 11.4. The van der Waals surface area contributed by atoms with Crippen molar-refractivity contribution in [3.05, 3.63) is 70.7 Å². The van der Waals surface area contributed by atoms with Crippen molar-refractivity contribution in [1.82, 2.24) is 0 Å². The highest BCUT2D eigenvalue weighted by Gasteiger charge is 2.26. The molecule has 0 N–H and O–H groups in total. The van der Waals surface area contributed by atoms with Gasteiger partial charge in [0.1, 0.15) is 6.10 Å². The van der Waals surface area contributed by atoms with Crippen LogP contribution in [-0.4, -0.2) is 14.7 Å². The second-order valence-electron chi connectivity index (χ2n) is 5.97. The van der Waals surface area contributed by atoms with Gasteiger partial charge in [-0.1, -0.05) is 67.4 Å². The van der Waals surface area contributed by atoms with Crippen LogP contribution in [0.15, 0.2) is 54.6 Å². The quantitative estimate of drug-likeness (QED) is 0.616. The monoisotopic (exact) mass is 366 g/mol. The summed E-state index contributed by atoms with van der Waals surface area (Å²) >= 11 is 5.95. The molecule has 0 saturated heterocycles. The molecule has 2 aromatic carbocycles. The molecule has 0 aromatic heterocycles. The summed E-state index contributed by atoms with van der Waals surface area (Å²) < 4.78 is 28.9. The number of hydrogen-bond acceptors (Lipinski definition) is 3. The average Bonchev–Trinajstić information content (AvgIpc) is 2.55. The van der Waals surface area contributed by atoms with E-state index in [1.165, 1.54) is 5.56 Å². The summed E-state index contributed by atoms with van der Waals surface area (Å²) in [6, 6.07) is 17.4. The lowest BCUT2D eigenvalue weighted by Crippen LogP contribution is -2.20. The fourth-order valence-electron chi connectivity index (χ4n) is 2.81. The molecule has 0 bridgehead atoms. The SMILES string of the molecule is CCC(CCc1ccccc1)C(OS(C)(=O)=O)c1ccc(Cl)cc1. The van der Waals surface area contributed by atoms with E-state index < -0.39 is 16.2 Å². The summed E-state index contributed by atoms with van der Waals surface area (Å²) in [7, 11) is -3.55. The molecule has 0 spiro atoms. The predicted molar refractivity (Wildman–Crippen MR) is 98.7 cm³/mol. The molecule has 3 nitrogen and oxygen atoms in total. The second-order valence-corrected chi connectivity index (χ2v) is 8.00. The van der Waals surface area contributed by atoms with E-state index in [0.29, 0.717) is 5.02 Å². The van der Waals surface area contributed by atoms with Gasteiger partial charge in [-0.25, -0.2) is 0 Å².